The third kappa shape index (κ3) is 3.01. The molecule has 2 nitrogen and oxygen atoms in total. The molecule has 1 fully saturated rings. The maximum Gasteiger partial charge on any atom is 0.105 e. The molecule has 1 aliphatic rings. The molecule has 1 aromatic rings. The molecule has 1 unspecified atom stereocenters. The predicted octanol–water partition coefficient (Wildman–Crippen LogP) is 2.94. The van der Waals surface area contributed by atoms with Gasteiger partial charge in [-0.05, 0) is 36.5 Å². The van der Waals surface area contributed by atoms with Gasteiger partial charge in [0.1, 0.15) is 5.60 Å². The van der Waals surface area contributed by atoms with Crippen molar-refractivity contribution >= 4 is 11.6 Å². The van der Waals surface area contributed by atoms with E-state index >= 15 is 0 Å². The van der Waals surface area contributed by atoms with Crippen LogP contribution in [0.3, 0.4) is 0 Å². The van der Waals surface area contributed by atoms with Gasteiger partial charge in [-0.2, -0.15) is 0 Å². The summed E-state index contributed by atoms with van der Waals surface area (Å²) in [4.78, 5) is 0. The van der Waals surface area contributed by atoms with E-state index in [4.69, 9.17) is 11.6 Å². The Bertz CT molecular complexity index is 372. The van der Waals surface area contributed by atoms with Crippen LogP contribution in [0.4, 0.5) is 0 Å². The fraction of sp³-hybridized carbons (Fsp3) is 0.571. The minimum absolute atomic E-state index is 0.382. The quantitative estimate of drug-likeness (QED) is 0.846. The van der Waals surface area contributed by atoms with Crippen molar-refractivity contribution in [2.75, 3.05) is 6.54 Å². The number of hydrogen-bond donors (Lipinski definition) is 2. The highest BCUT2D eigenvalue weighted by Gasteiger charge is 2.44. The Morgan fingerprint density at radius 1 is 1.35 bits per heavy atom. The maximum absolute atomic E-state index is 10.9. The lowest BCUT2D eigenvalue weighted by molar-refractivity contribution is 0.0118. The summed E-state index contributed by atoms with van der Waals surface area (Å²) in [6, 6.07) is 7.94. The van der Waals surface area contributed by atoms with Crippen molar-refractivity contribution < 1.29 is 5.11 Å². The van der Waals surface area contributed by atoms with Crippen LogP contribution >= 0.6 is 11.6 Å². The van der Waals surface area contributed by atoms with Crippen molar-refractivity contribution in [3.63, 3.8) is 0 Å². The van der Waals surface area contributed by atoms with E-state index in [2.05, 4.69) is 19.2 Å². The Morgan fingerprint density at radius 3 is 2.41 bits per heavy atom. The molecule has 1 aliphatic carbocycles. The van der Waals surface area contributed by atoms with Crippen LogP contribution in [0.25, 0.3) is 0 Å². The van der Waals surface area contributed by atoms with Crippen molar-refractivity contribution in [2.45, 2.75) is 38.3 Å². The normalized spacial score (nSPS) is 19.4. The molecule has 3 heteroatoms. The molecule has 1 aromatic carbocycles. The zero-order valence-electron chi connectivity index (χ0n) is 10.4. The van der Waals surface area contributed by atoms with Gasteiger partial charge in [-0.25, -0.2) is 0 Å². The summed E-state index contributed by atoms with van der Waals surface area (Å²) in [5, 5.41) is 14.9. The zero-order valence-corrected chi connectivity index (χ0v) is 11.2. The first-order valence-corrected chi connectivity index (χ1v) is 6.62. The third-order valence-corrected chi connectivity index (χ3v) is 3.63. The van der Waals surface area contributed by atoms with E-state index in [0.717, 1.165) is 18.4 Å². The SMILES string of the molecule is CC(C)NCC(O)(c1ccc(Cl)cc1)C1CC1. The molecule has 0 bridgehead atoms. The van der Waals surface area contributed by atoms with E-state index in [1.807, 2.05) is 24.3 Å². The number of rotatable bonds is 5. The second-order valence-electron chi connectivity index (χ2n) is 5.24. The van der Waals surface area contributed by atoms with Gasteiger partial charge in [-0.3, -0.25) is 0 Å². The van der Waals surface area contributed by atoms with Crippen molar-refractivity contribution in [1.29, 1.82) is 0 Å². The smallest absolute Gasteiger partial charge is 0.105 e. The fourth-order valence-electron chi connectivity index (χ4n) is 2.14. The van der Waals surface area contributed by atoms with Crippen molar-refractivity contribution in [3.05, 3.63) is 34.9 Å². The second kappa shape index (κ2) is 4.97. The average Bonchev–Trinajstić information content (AvgIpc) is 3.11. The number of benzene rings is 1. The first kappa shape index (κ1) is 12.9. The Kier molecular flexibility index (Phi) is 3.76. The molecule has 0 saturated heterocycles. The van der Waals surface area contributed by atoms with Crippen LogP contribution < -0.4 is 5.32 Å². The van der Waals surface area contributed by atoms with Crippen molar-refractivity contribution in [3.8, 4) is 0 Å². The predicted molar refractivity (Wildman–Crippen MR) is 71.2 cm³/mol. The molecule has 94 valence electrons. The van der Waals surface area contributed by atoms with Gasteiger partial charge in [0.15, 0.2) is 0 Å². The van der Waals surface area contributed by atoms with E-state index in [1.165, 1.54) is 0 Å². The van der Waals surface area contributed by atoms with Crippen LogP contribution in [0.5, 0.6) is 0 Å². The molecule has 0 spiro atoms. The lowest BCUT2D eigenvalue weighted by atomic mass is 9.88. The molecule has 0 radical (unpaired) electrons. The molecule has 0 aromatic heterocycles. The molecule has 0 amide bonds. The van der Waals surface area contributed by atoms with Gasteiger partial charge in [0.2, 0.25) is 0 Å². The summed E-state index contributed by atoms with van der Waals surface area (Å²) in [6.45, 7) is 4.79. The summed E-state index contributed by atoms with van der Waals surface area (Å²) in [7, 11) is 0. The highest BCUT2D eigenvalue weighted by Crippen LogP contribution is 2.45. The molecule has 2 N–H and O–H groups in total. The third-order valence-electron chi connectivity index (χ3n) is 3.38. The standard InChI is InChI=1S/C14H20ClNO/c1-10(2)16-9-14(17,11-3-4-11)12-5-7-13(15)8-6-12/h5-8,10-11,16-17H,3-4,9H2,1-2H3. The van der Waals surface area contributed by atoms with Gasteiger partial charge in [-0.15, -0.1) is 0 Å². The molecule has 2 rings (SSSR count). The number of aliphatic hydroxyl groups is 1. The zero-order chi connectivity index (χ0) is 12.5. The topological polar surface area (TPSA) is 32.3 Å². The Hall–Kier alpha value is -0.570. The van der Waals surface area contributed by atoms with Gasteiger partial charge in [-0.1, -0.05) is 37.6 Å². The molecule has 0 heterocycles. The van der Waals surface area contributed by atoms with Crippen LogP contribution in [0.1, 0.15) is 32.3 Å². The fourth-order valence-corrected chi connectivity index (χ4v) is 2.27. The molecule has 1 atom stereocenters. The Morgan fingerprint density at radius 2 is 1.94 bits per heavy atom. The summed E-state index contributed by atoms with van der Waals surface area (Å²) in [6.07, 6.45) is 2.22. The van der Waals surface area contributed by atoms with E-state index in [0.29, 0.717) is 23.5 Å². The van der Waals surface area contributed by atoms with Crippen LogP contribution in [-0.4, -0.2) is 17.7 Å². The summed E-state index contributed by atoms with van der Waals surface area (Å²) in [5.41, 5.74) is 0.229. The minimum Gasteiger partial charge on any atom is -0.384 e. The minimum atomic E-state index is -0.741. The van der Waals surface area contributed by atoms with Crippen LogP contribution in [0, 0.1) is 5.92 Å². The number of nitrogens with one attached hydrogen (secondary N) is 1. The highest BCUT2D eigenvalue weighted by molar-refractivity contribution is 6.30. The summed E-state index contributed by atoms with van der Waals surface area (Å²) in [5.74, 6) is 0.384. The van der Waals surface area contributed by atoms with E-state index in [1.54, 1.807) is 0 Å². The number of halogens is 1. The Labute approximate surface area is 108 Å². The second-order valence-corrected chi connectivity index (χ2v) is 5.68. The molecular weight excluding hydrogens is 234 g/mol. The van der Waals surface area contributed by atoms with Crippen LogP contribution in [0.2, 0.25) is 5.02 Å². The lowest BCUT2D eigenvalue weighted by Crippen LogP contribution is -2.42. The molecule has 17 heavy (non-hydrogen) atoms. The van der Waals surface area contributed by atoms with Crippen LogP contribution in [-0.2, 0) is 5.60 Å². The van der Waals surface area contributed by atoms with E-state index < -0.39 is 5.60 Å². The molecule has 1 saturated carbocycles. The van der Waals surface area contributed by atoms with Gasteiger partial charge < -0.3 is 10.4 Å². The van der Waals surface area contributed by atoms with Crippen molar-refractivity contribution in [2.24, 2.45) is 5.92 Å². The average molecular weight is 254 g/mol. The van der Waals surface area contributed by atoms with Crippen LogP contribution in [0.15, 0.2) is 24.3 Å². The molecular formula is C14H20ClNO. The largest absolute Gasteiger partial charge is 0.384 e. The first-order valence-electron chi connectivity index (χ1n) is 6.24. The van der Waals surface area contributed by atoms with E-state index in [-0.39, 0.29) is 0 Å². The maximum atomic E-state index is 10.9. The summed E-state index contributed by atoms with van der Waals surface area (Å²) >= 11 is 5.89. The first-order chi connectivity index (χ1) is 8.02. The van der Waals surface area contributed by atoms with Gasteiger partial charge >= 0.3 is 0 Å². The van der Waals surface area contributed by atoms with Gasteiger partial charge in [0, 0.05) is 17.6 Å². The highest BCUT2D eigenvalue weighted by atomic mass is 35.5. The summed E-state index contributed by atoms with van der Waals surface area (Å²) < 4.78 is 0. The molecule has 0 aliphatic heterocycles. The number of hydrogen-bond acceptors (Lipinski definition) is 2. The lowest BCUT2D eigenvalue weighted by Gasteiger charge is -2.30. The Balaban J connectivity index is 2.18. The monoisotopic (exact) mass is 253 g/mol. The van der Waals surface area contributed by atoms with Gasteiger partial charge in [0.05, 0.1) is 0 Å². The van der Waals surface area contributed by atoms with Crippen molar-refractivity contribution in [1.82, 2.24) is 5.32 Å². The van der Waals surface area contributed by atoms with Gasteiger partial charge in [0.25, 0.3) is 0 Å². The van der Waals surface area contributed by atoms with E-state index in [9.17, 15) is 5.11 Å².